The molecular weight excluding hydrogens is 210 g/mol. The third-order valence-electron chi connectivity index (χ3n) is 3.50. The van der Waals surface area contributed by atoms with Gasteiger partial charge in [-0.25, -0.2) is 4.79 Å². The van der Waals surface area contributed by atoms with Crippen LogP contribution in [-0.2, 0) is 4.79 Å². The van der Waals surface area contributed by atoms with E-state index in [-0.39, 0.29) is 30.6 Å². The van der Waals surface area contributed by atoms with Crippen LogP contribution in [0.25, 0.3) is 0 Å². The van der Waals surface area contributed by atoms with Crippen molar-refractivity contribution in [3.63, 3.8) is 0 Å². The summed E-state index contributed by atoms with van der Waals surface area (Å²) in [6.45, 7) is -0.00548. The average molecular weight is 227 g/mol. The van der Waals surface area contributed by atoms with Crippen LogP contribution in [0.1, 0.15) is 25.7 Å². The number of carboxylic acid groups (broad SMARTS) is 1. The molecule has 0 spiro atoms. The SMILES string of the molecule is NCC(=O)NC1C[C@H]2CC[C@@H](C1)N2C(=O)O. The zero-order chi connectivity index (χ0) is 11.7. The molecule has 90 valence electrons. The van der Waals surface area contributed by atoms with Crippen LogP contribution < -0.4 is 11.1 Å². The first kappa shape index (κ1) is 11.2. The number of amides is 2. The minimum absolute atomic E-state index is 0.00548. The Hall–Kier alpha value is -1.30. The second kappa shape index (κ2) is 4.29. The highest BCUT2D eigenvalue weighted by molar-refractivity contribution is 5.78. The molecule has 6 heteroatoms. The first-order valence-electron chi connectivity index (χ1n) is 5.62. The van der Waals surface area contributed by atoms with E-state index >= 15 is 0 Å². The summed E-state index contributed by atoms with van der Waals surface area (Å²) >= 11 is 0. The van der Waals surface area contributed by atoms with Gasteiger partial charge in [-0.2, -0.15) is 0 Å². The Labute approximate surface area is 93.8 Å². The van der Waals surface area contributed by atoms with Crippen molar-refractivity contribution in [3.8, 4) is 0 Å². The predicted octanol–water partition coefficient (Wildman–Crippen LogP) is -0.265. The third kappa shape index (κ3) is 1.97. The van der Waals surface area contributed by atoms with Gasteiger partial charge in [0.2, 0.25) is 5.91 Å². The van der Waals surface area contributed by atoms with E-state index < -0.39 is 6.09 Å². The van der Waals surface area contributed by atoms with Crippen LogP contribution in [0.3, 0.4) is 0 Å². The lowest BCUT2D eigenvalue weighted by Gasteiger charge is -2.37. The Morgan fingerprint density at radius 1 is 1.31 bits per heavy atom. The summed E-state index contributed by atoms with van der Waals surface area (Å²) in [5, 5.41) is 11.9. The number of nitrogens with two attached hydrogens (primary N) is 1. The fourth-order valence-electron chi connectivity index (χ4n) is 2.89. The van der Waals surface area contributed by atoms with Crippen molar-refractivity contribution in [3.05, 3.63) is 0 Å². The molecule has 6 nitrogen and oxygen atoms in total. The Balaban J connectivity index is 1.97. The number of nitrogens with one attached hydrogen (secondary N) is 1. The van der Waals surface area contributed by atoms with Crippen LogP contribution in [0.2, 0.25) is 0 Å². The summed E-state index contributed by atoms with van der Waals surface area (Å²) in [6.07, 6.45) is 2.41. The molecule has 4 N–H and O–H groups in total. The molecule has 2 bridgehead atoms. The fourth-order valence-corrected chi connectivity index (χ4v) is 2.89. The van der Waals surface area contributed by atoms with Gasteiger partial charge in [-0.1, -0.05) is 0 Å². The van der Waals surface area contributed by atoms with Crippen LogP contribution in [0.5, 0.6) is 0 Å². The van der Waals surface area contributed by atoms with Gasteiger partial charge in [0.05, 0.1) is 6.54 Å². The molecule has 0 aromatic carbocycles. The molecule has 0 saturated carbocycles. The molecule has 2 amide bonds. The molecule has 2 heterocycles. The van der Waals surface area contributed by atoms with Crippen molar-refractivity contribution < 1.29 is 14.7 Å². The maximum Gasteiger partial charge on any atom is 0.407 e. The van der Waals surface area contributed by atoms with Crippen molar-refractivity contribution in [1.82, 2.24) is 10.2 Å². The topological polar surface area (TPSA) is 95.7 Å². The van der Waals surface area contributed by atoms with Crippen molar-refractivity contribution >= 4 is 12.0 Å². The smallest absolute Gasteiger partial charge is 0.407 e. The summed E-state index contributed by atoms with van der Waals surface area (Å²) in [5.41, 5.74) is 5.23. The highest BCUT2D eigenvalue weighted by Gasteiger charge is 2.43. The van der Waals surface area contributed by atoms with E-state index in [9.17, 15) is 9.59 Å². The number of carbonyl (C=O) groups is 2. The van der Waals surface area contributed by atoms with Gasteiger partial charge in [0.15, 0.2) is 0 Å². The summed E-state index contributed by atoms with van der Waals surface area (Å²) in [6, 6.07) is 0.225. The molecule has 2 aliphatic heterocycles. The standard InChI is InChI=1S/C10H17N3O3/c11-5-9(14)12-6-3-7-1-2-8(4-6)13(7)10(15)16/h6-8H,1-5,11H2,(H,12,14)(H,15,16)/t6?,7-,8+. The number of hydrogen-bond donors (Lipinski definition) is 3. The first-order chi connectivity index (χ1) is 7.61. The zero-order valence-corrected chi connectivity index (χ0v) is 9.06. The lowest BCUT2D eigenvalue weighted by atomic mass is 9.98. The van der Waals surface area contributed by atoms with Gasteiger partial charge in [-0.3, -0.25) is 4.79 Å². The molecule has 2 fully saturated rings. The minimum Gasteiger partial charge on any atom is -0.465 e. The van der Waals surface area contributed by atoms with Crippen molar-refractivity contribution in [2.45, 2.75) is 43.8 Å². The summed E-state index contributed by atoms with van der Waals surface area (Å²) in [4.78, 5) is 23.7. The fraction of sp³-hybridized carbons (Fsp3) is 0.800. The van der Waals surface area contributed by atoms with Crippen LogP contribution in [0.15, 0.2) is 0 Å². The van der Waals surface area contributed by atoms with Crippen molar-refractivity contribution in [2.24, 2.45) is 5.73 Å². The second-order valence-electron chi connectivity index (χ2n) is 4.51. The molecule has 0 aliphatic carbocycles. The molecule has 1 unspecified atom stereocenters. The molecule has 2 saturated heterocycles. The highest BCUT2D eigenvalue weighted by atomic mass is 16.4. The summed E-state index contributed by atoms with van der Waals surface area (Å²) in [5.74, 6) is -0.159. The lowest BCUT2D eigenvalue weighted by molar-refractivity contribution is -0.120. The zero-order valence-electron chi connectivity index (χ0n) is 9.06. The first-order valence-corrected chi connectivity index (χ1v) is 5.62. The number of carbonyl (C=O) groups excluding carboxylic acids is 1. The maximum absolute atomic E-state index is 11.2. The lowest BCUT2D eigenvalue weighted by Crippen LogP contribution is -2.52. The Bertz CT molecular complexity index is 294. The van der Waals surface area contributed by atoms with E-state index in [1.54, 1.807) is 4.90 Å². The van der Waals surface area contributed by atoms with Crippen molar-refractivity contribution in [1.29, 1.82) is 0 Å². The monoisotopic (exact) mass is 227 g/mol. The van der Waals surface area contributed by atoms with E-state index in [4.69, 9.17) is 10.8 Å². The predicted molar refractivity (Wildman–Crippen MR) is 56.9 cm³/mol. The number of hydrogen-bond acceptors (Lipinski definition) is 3. The van der Waals surface area contributed by atoms with E-state index in [1.807, 2.05) is 0 Å². The van der Waals surface area contributed by atoms with E-state index in [0.29, 0.717) is 12.8 Å². The second-order valence-corrected chi connectivity index (χ2v) is 4.51. The van der Waals surface area contributed by atoms with Crippen LogP contribution in [-0.4, -0.2) is 46.7 Å². The number of rotatable bonds is 2. The molecule has 16 heavy (non-hydrogen) atoms. The molecule has 0 aromatic rings. The van der Waals surface area contributed by atoms with Gasteiger partial charge in [-0.05, 0) is 25.7 Å². The minimum atomic E-state index is -0.837. The van der Waals surface area contributed by atoms with Gasteiger partial charge in [0, 0.05) is 18.1 Å². The Morgan fingerprint density at radius 2 is 1.88 bits per heavy atom. The average Bonchev–Trinajstić information content (AvgIpc) is 2.51. The van der Waals surface area contributed by atoms with Crippen LogP contribution in [0.4, 0.5) is 4.79 Å². The van der Waals surface area contributed by atoms with E-state index in [0.717, 1.165) is 12.8 Å². The number of nitrogens with zero attached hydrogens (tertiary/aromatic N) is 1. The number of piperidine rings is 1. The summed E-state index contributed by atoms with van der Waals surface area (Å²) in [7, 11) is 0. The molecular formula is C10H17N3O3. The van der Waals surface area contributed by atoms with Gasteiger partial charge >= 0.3 is 6.09 Å². The van der Waals surface area contributed by atoms with Crippen molar-refractivity contribution in [2.75, 3.05) is 6.54 Å². The largest absolute Gasteiger partial charge is 0.465 e. The molecule has 2 aliphatic rings. The van der Waals surface area contributed by atoms with E-state index in [2.05, 4.69) is 5.32 Å². The molecule has 2 rings (SSSR count). The van der Waals surface area contributed by atoms with Gasteiger partial charge < -0.3 is 21.1 Å². The van der Waals surface area contributed by atoms with Gasteiger partial charge in [0.1, 0.15) is 0 Å². The molecule has 0 aromatic heterocycles. The van der Waals surface area contributed by atoms with E-state index in [1.165, 1.54) is 0 Å². The normalized spacial score (nSPS) is 32.6. The van der Waals surface area contributed by atoms with Gasteiger partial charge in [-0.15, -0.1) is 0 Å². The van der Waals surface area contributed by atoms with Crippen LogP contribution >= 0.6 is 0 Å². The molecule has 0 radical (unpaired) electrons. The Kier molecular flexibility index (Phi) is 3.00. The quantitative estimate of drug-likeness (QED) is 0.605. The molecule has 3 atom stereocenters. The highest BCUT2D eigenvalue weighted by Crippen LogP contribution is 2.35. The summed E-state index contributed by atoms with van der Waals surface area (Å²) < 4.78 is 0. The van der Waals surface area contributed by atoms with Gasteiger partial charge in [0.25, 0.3) is 0 Å². The Morgan fingerprint density at radius 3 is 2.31 bits per heavy atom. The maximum atomic E-state index is 11.2. The number of fused-ring (bicyclic) bond motifs is 2. The third-order valence-corrected chi connectivity index (χ3v) is 3.50. The van der Waals surface area contributed by atoms with Crippen LogP contribution in [0, 0.1) is 0 Å².